The van der Waals surface area contributed by atoms with E-state index >= 15 is 0 Å². The van der Waals surface area contributed by atoms with Gasteiger partial charge in [0.2, 0.25) is 5.78 Å². The average molecular weight is 443 g/mol. The highest BCUT2D eigenvalue weighted by molar-refractivity contribution is 6.15. The molecule has 2 aromatic carbocycles. The fourth-order valence-electron chi connectivity index (χ4n) is 3.98. The van der Waals surface area contributed by atoms with Crippen molar-refractivity contribution in [3.05, 3.63) is 113 Å². The van der Waals surface area contributed by atoms with Gasteiger partial charge < -0.3 is 19.2 Å². The third kappa shape index (κ3) is 4.60. The second-order valence-electron chi connectivity index (χ2n) is 7.81. The molecule has 0 radical (unpaired) electrons. The molecule has 33 heavy (non-hydrogen) atoms. The number of ether oxygens (including phenoxy) is 1. The van der Waals surface area contributed by atoms with Gasteiger partial charge in [-0.05, 0) is 48.7 Å². The Balaban J connectivity index is 1.73. The molecule has 4 rings (SSSR count). The number of carbonyl (C=O) groups is 2. The summed E-state index contributed by atoms with van der Waals surface area (Å²) >= 11 is 0. The molecule has 1 aromatic heterocycles. The first-order valence-electron chi connectivity index (χ1n) is 10.7. The van der Waals surface area contributed by atoms with Crippen LogP contribution in [0.5, 0.6) is 5.75 Å². The topological polar surface area (TPSA) is 80.0 Å². The van der Waals surface area contributed by atoms with Gasteiger partial charge in [0.15, 0.2) is 11.5 Å². The van der Waals surface area contributed by atoms with Crippen LogP contribution in [-0.4, -0.2) is 34.8 Å². The van der Waals surface area contributed by atoms with E-state index in [-0.39, 0.29) is 11.3 Å². The van der Waals surface area contributed by atoms with Crippen LogP contribution in [0.25, 0.3) is 0 Å². The monoisotopic (exact) mass is 443 g/mol. The Kier molecular flexibility index (Phi) is 6.45. The van der Waals surface area contributed by atoms with Gasteiger partial charge in [0.25, 0.3) is 5.91 Å². The van der Waals surface area contributed by atoms with Crippen LogP contribution in [0, 0.1) is 6.92 Å². The lowest BCUT2D eigenvalue weighted by Gasteiger charge is -2.27. The summed E-state index contributed by atoms with van der Waals surface area (Å²) in [6.45, 7) is 6.03. The van der Waals surface area contributed by atoms with Gasteiger partial charge in [-0.25, -0.2) is 0 Å². The number of aryl methyl sites for hydroxylation is 1. The molecule has 1 N–H and O–H groups in total. The summed E-state index contributed by atoms with van der Waals surface area (Å²) in [5.41, 5.74) is 1.71. The lowest BCUT2D eigenvalue weighted by Crippen LogP contribution is -2.33. The highest BCUT2D eigenvalue weighted by Crippen LogP contribution is 2.40. The predicted octanol–water partition coefficient (Wildman–Crippen LogP) is 4.97. The van der Waals surface area contributed by atoms with Crippen LogP contribution in [0.1, 0.15) is 33.5 Å². The average Bonchev–Trinajstić information content (AvgIpc) is 3.38. The maximum atomic E-state index is 13.3. The molecule has 0 aliphatic carbocycles. The van der Waals surface area contributed by atoms with Crippen LogP contribution in [0.2, 0.25) is 0 Å². The quantitative estimate of drug-likeness (QED) is 0.373. The minimum Gasteiger partial charge on any atom is -0.503 e. The number of aliphatic hydroxyl groups is 1. The number of rotatable bonds is 9. The fourth-order valence-corrected chi connectivity index (χ4v) is 3.98. The summed E-state index contributed by atoms with van der Waals surface area (Å²) in [4.78, 5) is 28.0. The minimum atomic E-state index is -0.772. The molecule has 1 aliphatic rings. The fraction of sp³-hybridized carbons (Fsp3) is 0.185. The third-order valence-electron chi connectivity index (χ3n) is 5.54. The Labute approximate surface area is 192 Å². The first-order chi connectivity index (χ1) is 16.0. The Morgan fingerprint density at radius 2 is 1.94 bits per heavy atom. The molecular weight excluding hydrogens is 418 g/mol. The van der Waals surface area contributed by atoms with E-state index in [1.54, 1.807) is 43.3 Å². The van der Waals surface area contributed by atoms with Gasteiger partial charge in [-0.15, -0.1) is 0 Å². The van der Waals surface area contributed by atoms with Crippen molar-refractivity contribution in [1.29, 1.82) is 0 Å². The molecule has 168 valence electrons. The normalized spacial score (nSPS) is 15.7. The molecule has 6 nitrogen and oxygen atoms in total. The Bertz CT molecular complexity index is 1210. The molecule has 0 saturated heterocycles. The Hall–Kier alpha value is -4.06. The smallest absolute Gasteiger partial charge is 0.290 e. The van der Waals surface area contributed by atoms with Crippen molar-refractivity contribution in [2.75, 3.05) is 13.2 Å². The Morgan fingerprint density at radius 3 is 2.64 bits per heavy atom. The second kappa shape index (κ2) is 9.61. The molecule has 6 heteroatoms. The predicted molar refractivity (Wildman–Crippen MR) is 124 cm³/mol. The molecule has 0 spiro atoms. The van der Waals surface area contributed by atoms with E-state index in [1.807, 2.05) is 36.4 Å². The molecule has 0 bridgehead atoms. The summed E-state index contributed by atoms with van der Waals surface area (Å²) in [7, 11) is 0. The minimum absolute atomic E-state index is 0.00304. The number of amides is 1. The number of ketones is 1. The summed E-state index contributed by atoms with van der Waals surface area (Å²) in [5.74, 6) is -0.422. The zero-order chi connectivity index (χ0) is 23.4. The molecule has 1 atom stereocenters. The van der Waals surface area contributed by atoms with Crippen molar-refractivity contribution in [3.63, 3.8) is 0 Å². The molecule has 1 unspecified atom stereocenters. The van der Waals surface area contributed by atoms with Gasteiger partial charge in [-0.1, -0.05) is 55.1 Å². The highest BCUT2D eigenvalue weighted by atomic mass is 16.5. The van der Waals surface area contributed by atoms with E-state index in [1.165, 1.54) is 4.90 Å². The SMILES string of the molecule is C=CCOc1cccc(C2C(C(=O)c3ccc(C)o3)=C(O)C(=O)N2CCc2ccccc2)c1. The Morgan fingerprint density at radius 1 is 1.15 bits per heavy atom. The van der Waals surface area contributed by atoms with Gasteiger partial charge in [-0.3, -0.25) is 9.59 Å². The molecular formula is C27H25NO5. The number of Topliss-reactive ketones (excluding diaryl/α,β-unsaturated/α-hetero) is 1. The van der Waals surface area contributed by atoms with Crippen molar-refractivity contribution in [2.24, 2.45) is 0 Å². The van der Waals surface area contributed by atoms with Crippen molar-refractivity contribution >= 4 is 11.7 Å². The maximum Gasteiger partial charge on any atom is 0.290 e. The molecule has 2 heterocycles. The summed E-state index contributed by atoms with van der Waals surface area (Å²) in [5, 5.41) is 10.8. The first-order valence-corrected chi connectivity index (χ1v) is 10.7. The molecule has 1 amide bonds. The van der Waals surface area contributed by atoms with E-state index in [9.17, 15) is 14.7 Å². The van der Waals surface area contributed by atoms with Crippen LogP contribution in [0.15, 0.2) is 95.1 Å². The molecule has 0 saturated carbocycles. The van der Waals surface area contributed by atoms with Crippen LogP contribution >= 0.6 is 0 Å². The van der Waals surface area contributed by atoms with E-state index < -0.39 is 23.5 Å². The van der Waals surface area contributed by atoms with Gasteiger partial charge in [-0.2, -0.15) is 0 Å². The number of nitrogens with zero attached hydrogens (tertiary/aromatic N) is 1. The van der Waals surface area contributed by atoms with E-state index in [4.69, 9.17) is 9.15 Å². The largest absolute Gasteiger partial charge is 0.503 e. The third-order valence-corrected chi connectivity index (χ3v) is 5.54. The molecule has 1 aliphatic heterocycles. The number of carbonyl (C=O) groups excluding carboxylic acids is 2. The van der Waals surface area contributed by atoms with Gasteiger partial charge in [0, 0.05) is 6.54 Å². The molecule has 0 fully saturated rings. The van der Waals surface area contributed by atoms with Crippen LogP contribution in [-0.2, 0) is 11.2 Å². The van der Waals surface area contributed by atoms with Gasteiger partial charge in [0.05, 0.1) is 11.6 Å². The number of furan rings is 1. The second-order valence-corrected chi connectivity index (χ2v) is 7.81. The lowest BCUT2D eigenvalue weighted by atomic mass is 9.94. The number of hydrogen-bond acceptors (Lipinski definition) is 5. The van der Waals surface area contributed by atoms with Crippen LogP contribution in [0.3, 0.4) is 0 Å². The zero-order valence-corrected chi connectivity index (χ0v) is 18.4. The molecule has 3 aromatic rings. The highest BCUT2D eigenvalue weighted by Gasteiger charge is 2.44. The van der Waals surface area contributed by atoms with E-state index in [0.717, 1.165) is 5.56 Å². The van der Waals surface area contributed by atoms with Crippen LogP contribution in [0.4, 0.5) is 0 Å². The van der Waals surface area contributed by atoms with Gasteiger partial charge in [0.1, 0.15) is 18.1 Å². The number of benzene rings is 2. The number of hydrogen-bond donors (Lipinski definition) is 1. The lowest BCUT2D eigenvalue weighted by molar-refractivity contribution is -0.129. The standard InChI is InChI=1S/C27H25NO5/c1-3-16-32-21-11-7-10-20(17-21)24-23(25(29)22-13-12-18(2)33-22)26(30)27(31)28(24)15-14-19-8-5-4-6-9-19/h3-13,17,24,30H,1,14-16H2,2H3. The summed E-state index contributed by atoms with van der Waals surface area (Å²) in [6.07, 6.45) is 2.21. The maximum absolute atomic E-state index is 13.3. The van der Waals surface area contributed by atoms with Gasteiger partial charge >= 0.3 is 0 Å². The van der Waals surface area contributed by atoms with E-state index in [2.05, 4.69) is 6.58 Å². The van der Waals surface area contributed by atoms with Crippen molar-refractivity contribution in [2.45, 2.75) is 19.4 Å². The van der Waals surface area contributed by atoms with Crippen molar-refractivity contribution in [1.82, 2.24) is 4.90 Å². The van der Waals surface area contributed by atoms with E-state index in [0.29, 0.717) is 36.6 Å². The number of aliphatic hydroxyl groups excluding tert-OH is 1. The first kappa shape index (κ1) is 22.1. The van der Waals surface area contributed by atoms with Crippen molar-refractivity contribution in [3.8, 4) is 5.75 Å². The van der Waals surface area contributed by atoms with Crippen molar-refractivity contribution < 1.29 is 23.8 Å². The van der Waals surface area contributed by atoms with Crippen LogP contribution < -0.4 is 4.74 Å². The zero-order valence-electron chi connectivity index (χ0n) is 18.4. The summed E-state index contributed by atoms with van der Waals surface area (Å²) in [6, 6.07) is 19.4. The summed E-state index contributed by atoms with van der Waals surface area (Å²) < 4.78 is 11.2.